The summed E-state index contributed by atoms with van der Waals surface area (Å²) in [6.07, 6.45) is 0. The Balaban J connectivity index is 1.89. The largest absolute Gasteiger partial charge is 0.285 e. The van der Waals surface area contributed by atoms with Gasteiger partial charge in [-0.2, -0.15) is 0 Å². The van der Waals surface area contributed by atoms with E-state index in [1.54, 1.807) is 0 Å². The Kier molecular flexibility index (Phi) is 3.80. The Morgan fingerprint density at radius 1 is 0.750 bits per heavy atom. The molecular formula is C15H6F5NO3. The molecule has 0 saturated heterocycles. The number of rotatable bonds is 3. The minimum Gasteiger partial charge on any atom is -0.266 e. The minimum absolute atomic E-state index is 0.0000823. The number of amides is 2. The van der Waals surface area contributed by atoms with E-state index >= 15 is 0 Å². The lowest BCUT2D eigenvalue weighted by Gasteiger charge is -2.14. The first-order valence-corrected chi connectivity index (χ1v) is 6.45. The zero-order valence-electron chi connectivity index (χ0n) is 11.6. The van der Waals surface area contributed by atoms with Crippen LogP contribution in [0.4, 0.5) is 22.0 Å². The van der Waals surface area contributed by atoms with Crippen molar-refractivity contribution in [2.75, 3.05) is 0 Å². The summed E-state index contributed by atoms with van der Waals surface area (Å²) in [7, 11) is 0. The maximum absolute atomic E-state index is 13.5. The maximum atomic E-state index is 13.5. The number of halogens is 5. The van der Waals surface area contributed by atoms with Crippen molar-refractivity contribution in [2.45, 2.75) is 6.61 Å². The van der Waals surface area contributed by atoms with Crippen molar-refractivity contribution < 1.29 is 36.4 Å². The molecule has 0 unspecified atom stereocenters. The van der Waals surface area contributed by atoms with Crippen LogP contribution in [-0.2, 0) is 11.4 Å². The third-order valence-electron chi connectivity index (χ3n) is 3.40. The zero-order valence-corrected chi connectivity index (χ0v) is 11.6. The predicted octanol–water partition coefficient (Wildman–Crippen LogP) is 3.11. The third-order valence-corrected chi connectivity index (χ3v) is 3.40. The summed E-state index contributed by atoms with van der Waals surface area (Å²) in [5.41, 5.74) is -1.29. The van der Waals surface area contributed by atoms with Crippen molar-refractivity contribution >= 4 is 11.8 Å². The summed E-state index contributed by atoms with van der Waals surface area (Å²) in [5.74, 6) is -12.6. The number of hydroxylamine groups is 2. The van der Waals surface area contributed by atoms with Gasteiger partial charge in [0.05, 0.1) is 16.7 Å². The van der Waals surface area contributed by atoms with Crippen molar-refractivity contribution in [3.63, 3.8) is 0 Å². The van der Waals surface area contributed by atoms with Gasteiger partial charge in [0.2, 0.25) is 5.82 Å². The molecule has 0 saturated carbocycles. The van der Waals surface area contributed by atoms with Gasteiger partial charge in [0.1, 0.15) is 6.61 Å². The first-order valence-electron chi connectivity index (χ1n) is 6.45. The lowest BCUT2D eigenvalue weighted by molar-refractivity contribution is -0.102. The molecule has 0 bridgehead atoms. The Hall–Kier alpha value is -2.81. The molecule has 0 aliphatic carbocycles. The molecule has 2 aromatic carbocycles. The highest BCUT2D eigenvalue weighted by Gasteiger charge is 2.37. The molecule has 3 rings (SSSR count). The molecule has 1 aliphatic rings. The molecule has 24 heavy (non-hydrogen) atoms. The van der Waals surface area contributed by atoms with Gasteiger partial charge in [-0.15, -0.1) is 5.06 Å². The minimum atomic E-state index is -2.31. The summed E-state index contributed by atoms with van der Waals surface area (Å²) >= 11 is 0. The summed E-state index contributed by atoms with van der Waals surface area (Å²) in [6, 6.07) is 5.63. The van der Waals surface area contributed by atoms with Gasteiger partial charge in [-0.05, 0) is 12.1 Å². The van der Waals surface area contributed by atoms with Gasteiger partial charge in [0, 0.05) is 0 Å². The first-order chi connectivity index (χ1) is 11.3. The molecule has 0 N–H and O–H groups in total. The Morgan fingerprint density at radius 2 is 1.17 bits per heavy atom. The number of carbonyl (C=O) groups excluding carboxylic acids is 2. The number of nitrogens with zero attached hydrogens (tertiary/aromatic N) is 1. The van der Waals surface area contributed by atoms with Crippen molar-refractivity contribution in [1.82, 2.24) is 5.06 Å². The average Bonchev–Trinajstić information content (AvgIpc) is 2.83. The third kappa shape index (κ3) is 2.24. The van der Waals surface area contributed by atoms with E-state index in [1.165, 1.54) is 24.3 Å². The van der Waals surface area contributed by atoms with Crippen LogP contribution in [0.1, 0.15) is 26.3 Å². The molecule has 0 fully saturated rings. The summed E-state index contributed by atoms with van der Waals surface area (Å²) in [5, 5.41) is 0.211. The summed E-state index contributed by atoms with van der Waals surface area (Å²) in [4.78, 5) is 28.6. The van der Waals surface area contributed by atoms with Gasteiger partial charge >= 0.3 is 0 Å². The quantitative estimate of drug-likeness (QED) is 0.372. The number of fused-ring (bicyclic) bond motifs is 1. The molecule has 0 atom stereocenters. The van der Waals surface area contributed by atoms with Crippen molar-refractivity contribution in [3.05, 3.63) is 70.0 Å². The molecule has 4 nitrogen and oxygen atoms in total. The van der Waals surface area contributed by atoms with Crippen LogP contribution in [0, 0.1) is 29.1 Å². The Morgan fingerprint density at radius 3 is 1.62 bits per heavy atom. The fourth-order valence-electron chi connectivity index (χ4n) is 2.19. The second-order valence-corrected chi connectivity index (χ2v) is 4.77. The van der Waals surface area contributed by atoms with Gasteiger partial charge in [-0.3, -0.25) is 14.4 Å². The average molecular weight is 343 g/mol. The first kappa shape index (κ1) is 16.1. The van der Waals surface area contributed by atoms with E-state index in [2.05, 4.69) is 0 Å². The maximum Gasteiger partial charge on any atom is 0.285 e. The van der Waals surface area contributed by atoms with Crippen molar-refractivity contribution in [3.8, 4) is 0 Å². The topological polar surface area (TPSA) is 46.6 Å². The number of hydrogen-bond donors (Lipinski definition) is 0. The molecule has 0 radical (unpaired) electrons. The number of hydrogen-bond acceptors (Lipinski definition) is 3. The molecule has 124 valence electrons. The highest BCUT2D eigenvalue weighted by Crippen LogP contribution is 2.26. The molecular weight excluding hydrogens is 337 g/mol. The van der Waals surface area contributed by atoms with E-state index in [4.69, 9.17) is 4.84 Å². The highest BCUT2D eigenvalue weighted by atomic mass is 19.2. The van der Waals surface area contributed by atoms with Gasteiger partial charge in [-0.1, -0.05) is 12.1 Å². The highest BCUT2D eigenvalue weighted by molar-refractivity contribution is 6.20. The molecule has 1 aliphatic heterocycles. The van der Waals surface area contributed by atoms with Crippen LogP contribution in [-0.4, -0.2) is 16.9 Å². The van der Waals surface area contributed by atoms with Crippen molar-refractivity contribution in [2.24, 2.45) is 0 Å². The van der Waals surface area contributed by atoms with E-state index in [0.717, 1.165) is 0 Å². The van der Waals surface area contributed by atoms with Crippen LogP contribution in [0.15, 0.2) is 24.3 Å². The molecule has 2 amide bonds. The van der Waals surface area contributed by atoms with Gasteiger partial charge in [-0.25, -0.2) is 22.0 Å². The molecule has 1 heterocycles. The predicted molar refractivity (Wildman–Crippen MR) is 68.0 cm³/mol. The van der Waals surface area contributed by atoms with Crippen LogP contribution in [0.3, 0.4) is 0 Å². The van der Waals surface area contributed by atoms with Crippen LogP contribution >= 0.6 is 0 Å². The summed E-state index contributed by atoms with van der Waals surface area (Å²) < 4.78 is 66.3. The zero-order chi connectivity index (χ0) is 17.6. The van der Waals surface area contributed by atoms with Crippen LogP contribution < -0.4 is 0 Å². The van der Waals surface area contributed by atoms with Crippen LogP contribution in [0.25, 0.3) is 0 Å². The number of imide groups is 1. The monoisotopic (exact) mass is 343 g/mol. The Labute approximate surface area is 131 Å². The molecule has 9 heteroatoms. The fourth-order valence-corrected chi connectivity index (χ4v) is 2.19. The van der Waals surface area contributed by atoms with E-state index in [0.29, 0.717) is 0 Å². The fraction of sp³-hybridized carbons (Fsp3) is 0.0667. The number of carbonyl (C=O) groups is 2. The Bertz CT molecular complexity index is 820. The number of benzene rings is 2. The van der Waals surface area contributed by atoms with Gasteiger partial charge in [0.25, 0.3) is 11.8 Å². The molecule has 2 aromatic rings. The lowest BCUT2D eigenvalue weighted by Crippen LogP contribution is -2.30. The van der Waals surface area contributed by atoms with Crippen molar-refractivity contribution in [1.29, 1.82) is 0 Å². The van der Waals surface area contributed by atoms with E-state index in [1.807, 2.05) is 0 Å². The standard InChI is InChI=1S/C15H6F5NO3/c16-9-8(10(17)12(19)13(20)11(9)18)5-24-21-14(22)6-3-1-2-4-7(6)15(21)23/h1-4H,5H2. The second-order valence-electron chi connectivity index (χ2n) is 4.77. The van der Waals surface area contributed by atoms with E-state index in [9.17, 15) is 31.5 Å². The molecule has 0 aromatic heterocycles. The van der Waals surface area contributed by atoms with Gasteiger partial charge < -0.3 is 0 Å². The van der Waals surface area contributed by atoms with Gasteiger partial charge in [0.15, 0.2) is 23.3 Å². The SMILES string of the molecule is O=C1c2ccccc2C(=O)N1OCc1c(F)c(F)c(F)c(F)c1F. The summed E-state index contributed by atoms with van der Waals surface area (Å²) in [6.45, 7) is -1.20. The smallest absolute Gasteiger partial charge is 0.266 e. The van der Waals surface area contributed by atoms with E-state index < -0.39 is 53.1 Å². The molecule has 0 spiro atoms. The van der Waals surface area contributed by atoms with Crippen LogP contribution in [0.5, 0.6) is 0 Å². The lowest BCUT2D eigenvalue weighted by atomic mass is 10.1. The van der Waals surface area contributed by atoms with E-state index in [-0.39, 0.29) is 16.2 Å². The second kappa shape index (κ2) is 5.68. The normalized spacial score (nSPS) is 13.6. The van der Waals surface area contributed by atoms with Crippen LogP contribution in [0.2, 0.25) is 0 Å².